The van der Waals surface area contributed by atoms with Crippen molar-refractivity contribution in [2.45, 2.75) is 11.8 Å². The molecule has 2 nitrogen and oxygen atoms in total. The highest BCUT2D eigenvalue weighted by molar-refractivity contribution is 6.21. The van der Waals surface area contributed by atoms with Crippen molar-refractivity contribution in [3.63, 3.8) is 0 Å². The molecule has 1 fully saturated rings. The van der Waals surface area contributed by atoms with Crippen molar-refractivity contribution in [3.8, 4) is 0 Å². The van der Waals surface area contributed by atoms with Crippen LogP contribution < -0.4 is 4.90 Å². The van der Waals surface area contributed by atoms with Gasteiger partial charge in [0.15, 0.2) is 11.6 Å². The second-order valence-corrected chi connectivity index (χ2v) is 3.76. The van der Waals surface area contributed by atoms with Crippen LogP contribution in [0, 0.1) is 5.82 Å². The van der Waals surface area contributed by atoms with Crippen LogP contribution in [0.2, 0.25) is 0 Å². The Morgan fingerprint density at radius 1 is 1.62 bits per heavy atom. The van der Waals surface area contributed by atoms with E-state index in [1.165, 1.54) is 6.07 Å². The lowest BCUT2D eigenvalue weighted by atomic mass is 10.4. The van der Waals surface area contributed by atoms with E-state index in [-0.39, 0.29) is 11.2 Å². The minimum absolute atomic E-state index is 0.126. The fraction of sp³-hybridized carbons (Fsp3) is 0.444. The Labute approximate surface area is 81.3 Å². The summed E-state index contributed by atoms with van der Waals surface area (Å²) in [6, 6.07) is 3.01. The van der Waals surface area contributed by atoms with Gasteiger partial charge in [-0.3, -0.25) is 0 Å². The predicted octanol–water partition coefficient (Wildman–Crippen LogP) is 2.04. The molecule has 0 amide bonds. The molecule has 2 rings (SSSR count). The van der Waals surface area contributed by atoms with Gasteiger partial charge in [-0.1, -0.05) is 0 Å². The first-order chi connectivity index (χ1) is 6.27. The molecule has 1 aliphatic heterocycles. The summed E-state index contributed by atoms with van der Waals surface area (Å²) in [4.78, 5) is 5.87. The van der Waals surface area contributed by atoms with Crippen molar-refractivity contribution in [2.75, 3.05) is 18.0 Å². The van der Waals surface area contributed by atoms with E-state index in [2.05, 4.69) is 4.98 Å². The van der Waals surface area contributed by atoms with E-state index in [1.54, 1.807) is 12.3 Å². The van der Waals surface area contributed by atoms with Gasteiger partial charge in [0.1, 0.15) is 0 Å². The summed E-state index contributed by atoms with van der Waals surface area (Å²) in [5.74, 6) is 0.152. The monoisotopic (exact) mass is 200 g/mol. The third kappa shape index (κ3) is 1.75. The van der Waals surface area contributed by atoms with Gasteiger partial charge < -0.3 is 4.90 Å². The van der Waals surface area contributed by atoms with Crippen molar-refractivity contribution in [3.05, 3.63) is 24.1 Å². The Morgan fingerprint density at radius 2 is 2.46 bits per heavy atom. The Balaban J connectivity index is 2.21. The van der Waals surface area contributed by atoms with Gasteiger partial charge in [-0.2, -0.15) is 0 Å². The van der Waals surface area contributed by atoms with Crippen molar-refractivity contribution >= 4 is 17.4 Å². The minimum Gasteiger partial charge on any atom is -0.353 e. The van der Waals surface area contributed by atoms with Crippen LogP contribution in [-0.2, 0) is 0 Å². The SMILES string of the molecule is Fc1cccnc1N1CCC(Cl)C1. The Kier molecular flexibility index (Phi) is 2.36. The number of anilines is 1. The number of rotatable bonds is 1. The van der Waals surface area contributed by atoms with Gasteiger partial charge in [0, 0.05) is 19.3 Å². The summed E-state index contributed by atoms with van der Waals surface area (Å²) < 4.78 is 13.2. The summed E-state index contributed by atoms with van der Waals surface area (Å²) >= 11 is 5.92. The molecule has 70 valence electrons. The molecule has 0 saturated carbocycles. The molecule has 1 aromatic rings. The zero-order valence-corrected chi connectivity index (χ0v) is 7.84. The zero-order chi connectivity index (χ0) is 9.26. The molecule has 13 heavy (non-hydrogen) atoms. The van der Waals surface area contributed by atoms with Gasteiger partial charge in [-0.05, 0) is 18.6 Å². The Hall–Kier alpha value is -0.830. The standard InChI is InChI=1S/C9H10ClFN2/c10-7-3-5-13(6-7)9-8(11)2-1-4-12-9/h1-2,4,7H,3,5-6H2. The fourth-order valence-corrected chi connectivity index (χ4v) is 1.78. The van der Waals surface area contributed by atoms with Gasteiger partial charge in [0.25, 0.3) is 0 Å². The average Bonchev–Trinajstić information content (AvgIpc) is 2.53. The molecule has 0 N–H and O–H groups in total. The maximum absolute atomic E-state index is 13.2. The number of hydrogen-bond acceptors (Lipinski definition) is 2. The molecule has 0 aliphatic carbocycles. The lowest BCUT2D eigenvalue weighted by Gasteiger charge is -2.16. The van der Waals surface area contributed by atoms with Crippen LogP contribution in [0.1, 0.15) is 6.42 Å². The molecule has 0 radical (unpaired) electrons. The Morgan fingerprint density at radius 3 is 3.08 bits per heavy atom. The van der Waals surface area contributed by atoms with Crippen molar-refractivity contribution < 1.29 is 4.39 Å². The van der Waals surface area contributed by atoms with Crippen LogP contribution in [-0.4, -0.2) is 23.5 Å². The van der Waals surface area contributed by atoms with Gasteiger partial charge >= 0.3 is 0 Å². The van der Waals surface area contributed by atoms with E-state index in [1.807, 2.05) is 4.90 Å². The lowest BCUT2D eigenvalue weighted by Crippen LogP contribution is -2.21. The van der Waals surface area contributed by atoms with Crippen LogP contribution in [0.3, 0.4) is 0 Å². The molecule has 0 bridgehead atoms. The van der Waals surface area contributed by atoms with Crippen LogP contribution in [0.5, 0.6) is 0 Å². The maximum Gasteiger partial charge on any atom is 0.165 e. The van der Waals surface area contributed by atoms with E-state index >= 15 is 0 Å². The quantitative estimate of drug-likeness (QED) is 0.645. The number of nitrogens with zero attached hydrogens (tertiary/aromatic N) is 2. The van der Waals surface area contributed by atoms with E-state index < -0.39 is 0 Å². The van der Waals surface area contributed by atoms with Gasteiger partial charge in [-0.25, -0.2) is 9.37 Å². The van der Waals surface area contributed by atoms with E-state index in [9.17, 15) is 4.39 Å². The van der Waals surface area contributed by atoms with Crippen LogP contribution in [0.15, 0.2) is 18.3 Å². The number of pyridine rings is 1. The van der Waals surface area contributed by atoms with Gasteiger partial charge in [0.2, 0.25) is 0 Å². The number of hydrogen-bond donors (Lipinski definition) is 0. The first-order valence-corrected chi connectivity index (χ1v) is 4.70. The molecule has 1 aromatic heterocycles. The molecule has 1 atom stereocenters. The third-order valence-corrected chi connectivity index (χ3v) is 2.53. The van der Waals surface area contributed by atoms with Crippen molar-refractivity contribution in [1.29, 1.82) is 0 Å². The number of aromatic nitrogens is 1. The highest BCUT2D eigenvalue weighted by Crippen LogP contribution is 2.22. The maximum atomic E-state index is 13.2. The molecule has 1 unspecified atom stereocenters. The largest absolute Gasteiger partial charge is 0.353 e. The second kappa shape index (κ2) is 3.50. The predicted molar refractivity (Wildman–Crippen MR) is 50.7 cm³/mol. The van der Waals surface area contributed by atoms with E-state index in [0.29, 0.717) is 12.4 Å². The smallest absolute Gasteiger partial charge is 0.165 e. The molecular formula is C9H10ClFN2. The second-order valence-electron chi connectivity index (χ2n) is 3.14. The van der Waals surface area contributed by atoms with E-state index in [4.69, 9.17) is 11.6 Å². The van der Waals surface area contributed by atoms with Gasteiger partial charge in [-0.15, -0.1) is 11.6 Å². The molecular weight excluding hydrogens is 191 g/mol. The van der Waals surface area contributed by atoms with E-state index in [0.717, 1.165) is 13.0 Å². The third-order valence-electron chi connectivity index (χ3n) is 2.17. The molecule has 1 aliphatic rings. The van der Waals surface area contributed by atoms with Crippen LogP contribution in [0.4, 0.5) is 10.2 Å². The minimum atomic E-state index is -0.270. The molecule has 0 aromatic carbocycles. The lowest BCUT2D eigenvalue weighted by molar-refractivity contribution is 0.616. The normalized spacial score (nSPS) is 22.3. The summed E-state index contributed by atoms with van der Waals surface area (Å²) in [6.07, 6.45) is 2.50. The fourth-order valence-electron chi connectivity index (χ4n) is 1.52. The van der Waals surface area contributed by atoms with Crippen LogP contribution >= 0.6 is 11.6 Å². The summed E-state index contributed by atoms with van der Waals surface area (Å²) in [7, 11) is 0. The molecule has 0 spiro atoms. The number of halogens is 2. The van der Waals surface area contributed by atoms with Gasteiger partial charge in [0.05, 0.1) is 5.38 Å². The van der Waals surface area contributed by atoms with Crippen molar-refractivity contribution in [2.24, 2.45) is 0 Å². The average molecular weight is 201 g/mol. The molecule has 2 heterocycles. The summed E-state index contributed by atoms with van der Waals surface area (Å²) in [5.41, 5.74) is 0. The summed E-state index contributed by atoms with van der Waals surface area (Å²) in [5, 5.41) is 0.126. The Bertz CT molecular complexity index is 305. The first-order valence-electron chi connectivity index (χ1n) is 4.27. The van der Waals surface area contributed by atoms with Crippen LogP contribution in [0.25, 0.3) is 0 Å². The number of alkyl halides is 1. The highest BCUT2D eigenvalue weighted by atomic mass is 35.5. The summed E-state index contributed by atoms with van der Waals surface area (Å²) in [6.45, 7) is 1.48. The zero-order valence-electron chi connectivity index (χ0n) is 7.08. The topological polar surface area (TPSA) is 16.1 Å². The molecule has 1 saturated heterocycles. The molecule has 4 heteroatoms. The van der Waals surface area contributed by atoms with Crippen molar-refractivity contribution in [1.82, 2.24) is 4.98 Å². The first kappa shape index (κ1) is 8.75. The highest BCUT2D eigenvalue weighted by Gasteiger charge is 2.23.